The molecule has 2 rings (SSSR count). The van der Waals surface area contributed by atoms with E-state index in [2.05, 4.69) is 10.6 Å². The lowest BCUT2D eigenvalue weighted by atomic mass is 10.1. The minimum atomic E-state index is -0.212. The predicted octanol–water partition coefficient (Wildman–Crippen LogP) is 4.26. The molecule has 25 heavy (non-hydrogen) atoms. The first-order chi connectivity index (χ1) is 12.0. The van der Waals surface area contributed by atoms with Gasteiger partial charge in [-0.15, -0.1) is 0 Å². The van der Waals surface area contributed by atoms with E-state index in [1.807, 2.05) is 56.3 Å². The summed E-state index contributed by atoms with van der Waals surface area (Å²) in [6.45, 7) is 4.05. The van der Waals surface area contributed by atoms with Gasteiger partial charge in [0.1, 0.15) is 0 Å². The second-order valence-corrected chi connectivity index (χ2v) is 6.32. The number of carbonyl (C=O) groups is 2. The van der Waals surface area contributed by atoms with Gasteiger partial charge in [0.25, 0.3) is 0 Å². The molecule has 0 spiro atoms. The summed E-state index contributed by atoms with van der Waals surface area (Å²) in [7, 11) is 0. The van der Waals surface area contributed by atoms with Crippen molar-refractivity contribution >= 4 is 35.2 Å². The zero-order valence-electron chi connectivity index (χ0n) is 14.3. The largest absolute Gasteiger partial charge is 0.348 e. The summed E-state index contributed by atoms with van der Waals surface area (Å²) in [5, 5.41) is 6.25. The Bertz CT molecular complexity index is 785. The summed E-state index contributed by atoms with van der Waals surface area (Å²) in [5.74, 6) is -0.335. The van der Waals surface area contributed by atoms with Crippen LogP contribution in [0, 0.1) is 5.92 Å². The SMILES string of the molecule is CC(C)C(=O)Nc1cccc(CNC(=O)/C=C/c2ccccc2Cl)c1. The molecule has 0 aliphatic rings. The fourth-order valence-electron chi connectivity index (χ4n) is 2.07. The zero-order valence-corrected chi connectivity index (χ0v) is 15.0. The van der Waals surface area contributed by atoms with Crippen LogP contribution in [0.1, 0.15) is 25.0 Å². The van der Waals surface area contributed by atoms with Crippen LogP contribution in [-0.2, 0) is 16.1 Å². The number of halogens is 1. The van der Waals surface area contributed by atoms with E-state index in [1.54, 1.807) is 12.1 Å². The molecule has 0 unspecified atom stereocenters. The van der Waals surface area contributed by atoms with Crippen molar-refractivity contribution in [2.24, 2.45) is 5.92 Å². The first kappa shape index (κ1) is 18.7. The number of hydrogen-bond acceptors (Lipinski definition) is 2. The van der Waals surface area contributed by atoms with Crippen LogP contribution >= 0.6 is 11.6 Å². The lowest BCUT2D eigenvalue weighted by molar-refractivity contribution is -0.119. The number of benzene rings is 2. The van der Waals surface area contributed by atoms with Crippen molar-refractivity contribution in [1.82, 2.24) is 5.32 Å². The lowest BCUT2D eigenvalue weighted by Gasteiger charge is -2.09. The average molecular weight is 357 g/mol. The van der Waals surface area contributed by atoms with Crippen molar-refractivity contribution in [3.8, 4) is 0 Å². The van der Waals surface area contributed by atoms with E-state index in [4.69, 9.17) is 11.6 Å². The Hall–Kier alpha value is -2.59. The molecule has 4 nitrogen and oxygen atoms in total. The number of amides is 2. The Balaban J connectivity index is 1.91. The van der Waals surface area contributed by atoms with Crippen molar-refractivity contribution in [2.45, 2.75) is 20.4 Å². The van der Waals surface area contributed by atoms with Crippen molar-refractivity contribution in [1.29, 1.82) is 0 Å². The van der Waals surface area contributed by atoms with Gasteiger partial charge in [0.05, 0.1) is 0 Å². The van der Waals surface area contributed by atoms with Gasteiger partial charge in [0.15, 0.2) is 0 Å². The summed E-state index contributed by atoms with van der Waals surface area (Å²) in [5.41, 5.74) is 2.41. The maximum absolute atomic E-state index is 11.9. The van der Waals surface area contributed by atoms with Gasteiger partial charge in [0.2, 0.25) is 11.8 Å². The maximum Gasteiger partial charge on any atom is 0.244 e. The number of nitrogens with one attached hydrogen (secondary N) is 2. The molecule has 0 heterocycles. The molecule has 0 fully saturated rings. The highest BCUT2D eigenvalue weighted by Crippen LogP contribution is 2.16. The second-order valence-electron chi connectivity index (χ2n) is 5.92. The highest BCUT2D eigenvalue weighted by Gasteiger charge is 2.07. The fraction of sp³-hybridized carbons (Fsp3) is 0.200. The van der Waals surface area contributed by atoms with Crippen molar-refractivity contribution in [3.05, 3.63) is 70.8 Å². The normalized spacial score (nSPS) is 10.9. The van der Waals surface area contributed by atoms with Crippen LogP contribution in [0.4, 0.5) is 5.69 Å². The minimum Gasteiger partial charge on any atom is -0.348 e. The summed E-state index contributed by atoms with van der Waals surface area (Å²) in [4.78, 5) is 23.7. The molecule has 0 saturated carbocycles. The number of carbonyl (C=O) groups excluding carboxylic acids is 2. The third-order valence-electron chi connectivity index (χ3n) is 3.51. The van der Waals surface area contributed by atoms with E-state index >= 15 is 0 Å². The predicted molar refractivity (Wildman–Crippen MR) is 102 cm³/mol. The van der Waals surface area contributed by atoms with Gasteiger partial charge in [0, 0.05) is 29.2 Å². The van der Waals surface area contributed by atoms with Gasteiger partial charge in [-0.2, -0.15) is 0 Å². The Morgan fingerprint density at radius 3 is 2.60 bits per heavy atom. The molecule has 0 atom stereocenters. The van der Waals surface area contributed by atoms with Crippen LogP contribution in [0.25, 0.3) is 6.08 Å². The van der Waals surface area contributed by atoms with Crippen molar-refractivity contribution in [3.63, 3.8) is 0 Å². The standard InChI is InChI=1S/C20H21ClN2O2/c1-14(2)20(25)23-17-8-5-6-15(12-17)13-22-19(24)11-10-16-7-3-4-9-18(16)21/h3-12,14H,13H2,1-2H3,(H,22,24)(H,23,25)/b11-10+. The number of rotatable bonds is 6. The van der Waals surface area contributed by atoms with Crippen LogP contribution in [0.2, 0.25) is 5.02 Å². The van der Waals surface area contributed by atoms with Crippen LogP contribution in [0.3, 0.4) is 0 Å². The first-order valence-electron chi connectivity index (χ1n) is 8.06. The quantitative estimate of drug-likeness (QED) is 0.759. The van der Waals surface area contributed by atoms with E-state index < -0.39 is 0 Å². The van der Waals surface area contributed by atoms with Gasteiger partial charge in [-0.1, -0.05) is 55.8 Å². The van der Waals surface area contributed by atoms with E-state index in [-0.39, 0.29) is 17.7 Å². The monoisotopic (exact) mass is 356 g/mol. The second kappa shape index (κ2) is 9.04. The molecule has 2 aromatic rings. The summed E-state index contributed by atoms with van der Waals surface area (Å²) in [6, 6.07) is 14.7. The highest BCUT2D eigenvalue weighted by molar-refractivity contribution is 6.32. The third kappa shape index (κ3) is 6.08. The summed E-state index contributed by atoms with van der Waals surface area (Å²) < 4.78 is 0. The molecule has 0 aromatic heterocycles. The van der Waals surface area contributed by atoms with Crippen molar-refractivity contribution in [2.75, 3.05) is 5.32 Å². The van der Waals surface area contributed by atoms with Crippen LogP contribution in [-0.4, -0.2) is 11.8 Å². The van der Waals surface area contributed by atoms with Gasteiger partial charge < -0.3 is 10.6 Å². The molecular weight excluding hydrogens is 336 g/mol. The highest BCUT2D eigenvalue weighted by atomic mass is 35.5. The molecule has 0 aliphatic heterocycles. The van der Waals surface area contributed by atoms with Crippen LogP contribution in [0.5, 0.6) is 0 Å². The van der Waals surface area contributed by atoms with E-state index in [0.717, 1.165) is 16.8 Å². The summed E-state index contributed by atoms with van der Waals surface area (Å²) >= 11 is 6.04. The topological polar surface area (TPSA) is 58.2 Å². The number of hydrogen-bond donors (Lipinski definition) is 2. The van der Waals surface area contributed by atoms with Gasteiger partial charge >= 0.3 is 0 Å². The maximum atomic E-state index is 11.9. The van der Waals surface area contributed by atoms with E-state index in [1.165, 1.54) is 6.08 Å². The van der Waals surface area contributed by atoms with Gasteiger partial charge in [-0.25, -0.2) is 0 Å². The molecule has 0 saturated heterocycles. The zero-order chi connectivity index (χ0) is 18.2. The molecule has 0 aliphatic carbocycles. The summed E-state index contributed by atoms with van der Waals surface area (Å²) in [6.07, 6.45) is 3.13. The van der Waals surface area contributed by atoms with Crippen LogP contribution in [0.15, 0.2) is 54.6 Å². The molecule has 2 amide bonds. The molecular formula is C20H21ClN2O2. The molecule has 0 bridgehead atoms. The van der Waals surface area contributed by atoms with Crippen LogP contribution < -0.4 is 10.6 Å². The molecule has 2 aromatic carbocycles. The fourth-order valence-corrected chi connectivity index (χ4v) is 2.27. The van der Waals surface area contributed by atoms with Gasteiger partial charge in [-0.3, -0.25) is 9.59 Å². The Labute approximate surface area is 152 Å². The smallest absolute Gasteiger partial charge is 0.244 e. The van der Waals surface area contributed by atoms with Gasteiger partial charge in [-0.05, 0) is 35.4 Å². The Morgan fingerprint density at radius 1 is 1.12 bits per heavy atom. The molecule has 0 radical (unpaired) electrons. The minimum absolute atomic E-state index is 0.0381. The average Bonchev–Trinajstić information content (AvgIpc) is 2.59. The first-order valence-corrected chi connectivity index (χ1v) is 8.44. The van der Waals surface area contributed by atoms with E-state index in [9.17, 15) is 9.59 Å². The number of anilines is 1. The lowest BCUT2D eigenvalue weighted by Crippen LogP contribution is -2.21. The third-order valence-corrected chi connectivity index (χ3v) is 3.85. The molecule has 5 heteroatoms. The Kier molecular flexibility index (Phi) is 6.78. The Morgan fingerprint density at radius 2 is 1.88 bits per heavy atom. The molecule has 2 N–H and O–H groups in total. The van der Waals surface area contributed by atoms with Crippen molar-refractivity contribution < 1.29 is 9.59 Å². The van der Waals surface area contributed by atoms with E-state index in [0.29, 0.717) is 11.6 Å². The molecule has 130 valence electrons.